The number of hydrogen-bond donors (Lipinski definition) is 2. The number of hydrogen-bond acceptors (Lipinski definition) is 3. The molecule has 116 valence electrons. The van der Waals surface area contributed by atoms with Crippen LogP contribution >= 0.6 is 12.2 Å². The van der Waals surface area contributed by atoms with Crippen molar-refractivity contribution in [2.24, 2.45) is 5.73 Å². The highest BCUT2D eigenvalue weighted by molar-refractivity contribution is 7.80. The molecular weight excluding hydrogens is 282 g/mol. The highest BCUT2D eigenvalue weighted by Gasteiger charge is 2.21. The van der Waals surface area contributed by atoms with Crippen molar-refractivity contribution in [1.29, 1.82) is 0 Å². The molecule has 1 rings (SSSR count). The van der Waals surface area contributed by atoms with E-state index in [4.69, 9.17) is 18.0 Å². The first-order chi connectivity index (χ1) is 9.88. The van der Waals surface area contributed by atoms with Crippen molar-refractivity contribution in [3.63, 3.8) is 0 Å². The van der Waals surface area contributed by atoms with Gasteiger partial charge in [-0.05, 0) is 32.4 Å². The zero-order valence-electron chi connectivity index (χ0n) is 13.2. The van der Waals surface area contributed by atoms with Crippen LogP contribution in [0.4, 0.5) is 5.69 Å². The van der Waals surface area contributed by atoms with Gasteiger partial charge in [-0.2, -0.15) is 0 Å². The molecular formula is C16H25N3OS. The van der Waals surface area contributed by atoms with Crippen molar-refractivity contribution in [2.75, 3.05) is 11.9 Å². The van der Waals surface area contributed by atoms with E-state index in [1.165, 1.54) is 0 Å². The average molecular weight is 307 g/mol. The molecule has 0 heterocycles. The summed E-state index contributed by atoms with van der Waals surface area (Å²) in [6, 6.07) is 7.49. The van der Waals surface area contributed by atoms with Crippen LogP contribution in [0.15, 0.2) is 24.3 Å². The highest BCUT2D eigenvalue weighted by atomic mass is 32.1. The summed E-state index contributed by atoms with van der Waals surface area (Å²) < 4.78 is 0. The third-order valence-electron chi connectivity index (χ3n) is 3.62. The van der Waals surface area contributed by atoms with Crippen molar-refractivity contribution in [2.45, 2.75) is 45.7 Å². The quantitative estimate of drug-likeness (QED) is 0.760. The number of carbonyl (C=O) groups excluding carboxylic acids is 1. The summed E-state index contributed by atoms with van der Waals surface area (Å²) >= 11 is 5.08. The lowest BCUT2D eigenvalue weighted by molar-refractivity contribution is -0.122. The number of anilines is 1. The molecule has 0 aliphatic heterocycles. The van der Waals surface area contributed by atoms with Crippen LogP contribution in [-0.4, -0.2) is 30.0 Å². The predicted molar refractivity (Wildman–Crippen MR) is 92.7 cm³/mol. The number of carbonyl (C=O) groups is 1. The molecule has 5 heteroatoms. The second-order valence-corrected chi connectivity index (χ2v) is 5.81. The molecule has 2 unspecified atom stereocenters. The Bertz CT molecular complexity index is 504. The topological polar surface area (TPSA) is 58.4 Å². The summed E-state index contributed by atoms with van der Waals surface area (Å²) in [5.41, 5.74) is 7.41. The molecule has 21 heavy (non-hydrogen) atoms. The molecule has 3 N–H and O–H groups in total. The number of amides is 1. The van der Waals surface area contributed by atoms with Gasteiger partial charge in [0.15, 0.2) is 0 Å². The molecule has 4 nitrogen and oxygen atoms in total. The van der Waals surface area contributed by atoms with Crippen LogP contribution in [-0.2, 0) is 4.79 Å². The van der Waals surface area contributed by atoms with Crippen LogP contribution in [0.2, 0.25) is 0 Å². The Balaban J connectivity index is 2.85. The first kappa shape index (κ1) is 17.4. The Kier molecular flexibility index (Phi) is 6.62. The Morgan fingerprint density at radius 2 is 2.00 bits per heavy atom. The van der Waals surface area contributed by atoms with E-state index in [1.807, 2.05) is 50.1 Å². The number of benzene rings is 1. The highest BCUT2D eigenvalue weighted by Crippen LogP contribution is 2.21. The molecule has 1 aromatic rings. The van der Waals surface area contributed by atoms with Gasteiger partial charge in [0.1, 0.15) is 11.0 Å². The zero-order valence-corrected chi connectivity index (χ0v) is 14.0. The maximum atomic E-state index is 12.3. The minimum Gasteiger partial charge on any atom is -0.389 e. The van der Waals surface area contributed by atoms with Gasteiger partial charge in [-0.25, -0.2) is 0 Å². The SMILES string of the molecule is CCCC(C)NC(=O)C(C)N(C)c1ccccc1C(N)=S. The van der Waals surface area contributed by atoms with E-state index in [1.54, 1.807) is 0 Å². The van der Waals surface area contributed by atoms with Crippen LogP contribution in [0.1, 0.15) is 39.2 Å². The summed E-state index contributed by atoms with van der Waals surface area (Å²) in [6.45, 7) is 6.01. The van der Waals surface area contributed by atoms with E-state index < -0.39 is 0 Å². The number of nitrogens with two attached hydrogens (primary N) is 1. The van der Waals surface area contributed by atoms with E-state index in [2.05, 4.69) is 12.2 Å². The fourth-order valence-corrected chi connectivity index (χ4v) is 2.42. The Morgan fingerprint density at radius 1 is 1.38 bits per heavy atom. The van der Waals surface area contributed by atoms with Crippen molar-refractivity contribution in [3.8, 4) is 0 Å². The van der Waals surface area contributed by atoms with Gasteiger partial charge in [-0.1, -0.05) is 37.7 Å². The smallest absolute Gasteiger partial charge is 0.242 e. The van der Waals surface area contributed by atoms with Gasteiger partial charge in [-0.3, -0.25) is 4.79 Å². The van der Waals surface area contributed by atoms with Crippen LogP contribution < -0.4 is 16.0 Å². The molecule has 2 atom stereocenters. The molecule has 0 aliphatic carbocycles. The summed E-state index contributed by atoms with van der Waals surface area (Å²) in [4.78, 5) is 14.5. The fourth-order valence-electron chi connectivity index (χ4n) is 2.24. The van der Waals surface area contributed by atoms with Gasteiger partial charge >= 0.3 is 0 Å². The van der Waals surface area contributed by atoms with Gasteiger partial charge < -0.3 is 16.0 Å². The molecule has 0 radical (unpaired) electrons. The lowest BCUT2D eigenvalue weighted by atomic mass is 10.1. The number of thiocarbonyl (C=S) groups is 1. The fraction of sp³-hybridized carbons (Fsp3) is 0.500. The lowest BCUT2D eigenvalue weighted by Gasteiger charge is -2.29. The Morgan fingerprint density at radius 3 is 2.57 bits per heavy atom. The number of para-hydroxylation sites is 1. The van der Waals surface area contributed by atoms with E-state index in [9.17, 15) is 4.79 Å². The second-order valence-electron chi connectivity index (χ2n) is 5.37. The van der Waals surface area contributed by atoms with Gasteiger partial charge in [0.25, 0.3) is 0 Å². The van der Waals surface area contributed by atoms with Crippen molar-refractivity contribution >= 4 is 28.8 Å². The number of likely N-dealkylation sites (N-methyl/N-ethyl adjacent to an activating group) is 1. The summed E-state index contributed by atoms with van der Waals surface area (Å²) in [5, 5.41) is 3.04. The number of nitrogens with one attached hydrogen (secondary N) is 1. The minimum absolute atomic E-state index is 0.0104. The number of rotatable bonds is 7. The van der Waals surface area contributed by atoms with Crippen LogP contribution in [0.25, 0.3) is 0 Å². The van der Waals surface area contributed by atoms with E-state index >= 15 is 0 Å². The van der Waals surface area contributed by atoms with Crippen LogP contribution in [0, 0.1) is 0 Å². The van der Waals surface area contributed by atoms with Crippen LogP contribution in [0.3, 0.4) is 0 Å². The largest absolute Gasteiger partial charge is 0.389 e. The zero-order chi connectivity index (χ0) is 16.0. The molecule has 0 aromatic heterocycles. The maximum Gasteiger partial charge on any atom is 0.242 e. The lowest BCUT2D eigenvalue weighted by Crippen LogP contribution is -2.46. The summed E-state index contributed by atoms with van der Waals surface area (Å²) in [7, 11) is 1.88. The van der Waals surface area contributed by atoms with Crippen molar-refractivity contribution < 1.29 is 4.79 Å². The summed E-state index contributed by atoms with van der Waals surface area (Å²) in [5.74, 6) is 0.0104. The minimum atomic E-state index is -0.292. The van der Waals surface area contributed by atoms with Crippen molar-refractivity contribution in [3.05, 3.63) is 29.8 Å². The van der Waals surface area contributed by atoms with Crippen molar-refractivity contribution in [1.82, 2.24) is 5.32 Å². The molecule has 0 saturated carbocycles. The van der Waals surface area contributed by atoms with E-state index in [0.29, 0.717) is 4.99 Å². The molecule has 1 amide bonds. The maximum absolute atomic E-state index is 12.3. The van der Waals surface area contributed by atoms with Gasteiger partial charge in [0.05, 0.1) is 0 Å². The van der Waals surface area contributed by atoms with Crippen LogP contribution in [0.5, 0.6) is 0 Å². The third kappa shape index (κ3) is 4.70. The van der Waals surface area contributed by atoms with Gasteiger partial charge in [-0.15, -0.1) is 0 Å². The second kappa shape index (κ2) is 7.98. The molecule has 1 aromatic carbocycles. The molecule has 0 fully saturated rings. The molecule has 0 bridgehead atoms. The van der Waals surface area contributed by atoms with Gasteiger partial charge in [0.2, 0.25) is 5.91 Å². The molecule has 0 saturated heterocycles. The first-order valence-corrected chi connectivity index (χ1v) is 7.71. The molecule has 0 aliphatic rings. The first-order valence-electron chi connectivity index (χ1n) is 7.30. The predicted octanol–water partition coefficient (Wildman–Crippen LogP) is 2.45. The normalized spacial score (nSPS) is 13.3. The standard InChI is InChI=1S/C16H25N3OS/c1-5-8-11(2)18-16(20)12(3)19(4)14-10-7-6-9-13(14)15(17)21/h6-7,9-12H,5,8H2,1-4H3,(H2,17,21)(H,18,20). The average Bonchev–Trinajstić information content (AvgIpc) is 2.45. The Labute approximate surface area is 132 Å². The monoisotopic (exact) mass is 307 g/mol. The number of nitrogens with zero attached hydrogens (tertiary/aromatic N) is 1. The third-order valence-corrected chi connectivity index (χ3v) is 3.84. The summed E-state index contributed by atoms with van der Waals surface area (Å²) in [6.07, 6.45) is 2.03. The Hall–Kier alpha value is -1.62. The van der Waals surface area contributed by atoms with Gasteiger partial charge in [0, 0.05) is 24.3 Å². The molecule has 0 spiro atoms. The van der Waals surface area contributed by atoms with E-state index in [-0.39, 0.29) is 18.0 Å². The van der Waals surface area contributed by atoms with E-state index in [0.717, 1.165) is 24.1 Å².